The van der Waals surface area contributed by atoms with Crippen LogP contribution in [0.25, 0.3) is 0 Å². The lowest BCUT2D eigenvalue weighted by atomic mass is 9.71. The molecule has 4 rings (SSSR count). The first-order valence-electron chi connectivity index (χ1n) is 13.9. The normalized spacial score (nSPS) is 23.0. The summed E-state index contributed by atoms with van der Waals surface area (Å²) in [6.07, 6.45) is 15.1. The number of halogens is 1. The van der Waals surface area contributed by atoms with E-state index in [2.05, 4.69) is 53.7 Å². The number of benzene rings is 1. The fraction of sp³-hybridized carbons (Fsp3) is 0.793. The average molecular weight is 476 g/mol. The Morgan fingerprint density at radius 1 is 0.818 bits per heavy atom. The Morgan fingerprint density at radius 2 is 1.45 bits per heavy atom. The first-order chi connectivity index (χ1) is 15.6. The highest BCUT2D eigenvalue weighted by atomic mass is 35.5. The summed E-state index contributed by atoms with van der Waals surface area (Å²) in [5.74, 6) is 0.742. The molecule has 1 aromatic rings. The van der Waals surface area contributed by atoms with Crippen LogP contribution in [0.5, 0.6) is 0 Å². The van der Waals surface area contributed by atoms with E-state index in [0.717, 1.165) is 5.92 Å². The van der Waals surface area contributed by atoms with Gasteiger partial charge in [0.15, 0.2) is 0 Å². The molecule has 1 aliphatic carbocycles. The Balaban J connectivity index is 0.00000306. The molecule has 0 radical (unpaired) electrons. The SMILES string of the molecule is CCCCN1CCN(c2ccc(N3CCCCCCC3)cc2C2CCC(C)(C)CC2)CC1.Cl. The Hall–Kier alpha value is -0.930. The van der Waals surface area contributed by atoms with Crippen LogP contribution in [-0.4, -0.2) is 50.7 Å². The first kappa shape index (κ1) is 26.7. The van der Waals surface area contributed by atoms with Gasteiger partial charge in [0, 0.05) is 50.6 Å². The van der Waals surface area contributed by atoms with Gasteiger partial charge in [-0.2, -0.15) is 0 Å². The van der Waals surface area contributed by atoms with Gasteiger partial charge in [0.1, 0.15) is 0 Å². The van der Waals surface area contributed by atoms with Gasteiger partial charge in [0.05, 0.1) is 0 Å². The van der Waals surface area contributed by atoms with Crippen LogP contribution in [0.3, 0.4) is 0 Å². The van der Waals surface area contributed by atoms with Gasteiger partial charge in [0.25, 0.3) is 0 Å². The quantitative estimate of drug-likeness (QED) is 0.422. The lowest BCUT2D eigenvalue weighted by Crippen LogP contribution is -2.47. The molecule has 3 nitrogen and oxygen atoms in total. The summed E-state index contributed by atoms with van der Waals surface area (Å²) in [4.78, 5) is 8.09. The van der Waals surface area contributed by atoms with Crippen LogP contribution in [-0.2, 0) is 0 Å². The molecule has 3 fully saturated rings. The molecule has 0 unspecified atom stereocenters. The fourth-order valence-corrected chi connectivity index (χ4v) is 6.16. The number of rotatable bonds is 6. The molecule has 0 bridgehead atoms. The van der Waals surface area contributed by atoms with Crippen molar-refractivity contribution in [1.82, 2.24) is 4.90 Å². The number of nitrogens with zero attached hydrogens (tertiary/aromatic N) is 3. The van der Waals surface area contributed by atoms with Crippen LogP contribution in [0, 0.1) is 5.41 Å². The molecule has 1 aromatic carbocycles. The van der Waals surface area contributed by atoms with E-state index < -0.39 is 0 Å². The highest BCUT2D eigenvalue weighted by Crippen LogP contribution is 2.45. The molecule has 4 heteroatoms. The molecule has 0 N–H and O–H groups in total. The number of piperazine rings is 1. The summed E-state index contributed by atoms with van der Waals surface area (Å²) >= 11 is 0. The molecule has 2 aliphatic heterocycles. The van der Waals surface area contributed by atoms with Gasteiger partial charge in [0.2, 0.25) is 0 Å². The van der Waals surface area contributed by atoms with Gasteiger partial charge in [-0.15, -0.1) is 12.4 Å². The van der Waals surface area contributed by atoms with Gasteiger partial charge < -0.3 is 9.80 Å². The van der Waals surface area contributed by atoms with Crippen molar-refractivity contribution < 1.29 is 0 Å². The standard InChI is InChI=1S/C29H49N3.ClH/c1-4-5-17-30-20-22-32(23-21-30)28-12-11-26(31-18-9-7-6-8-10-19-31)24-27(28)25-13-15-29(2,3)16-14-25;/h11-12,24-25H,4-10,13-23H2,1-3H3;1H. The van der Waals surface area contributed by atoms with Gasteiger partial charge in [-0.1, -0.05) is 46.5 Å². The van der Waals surface area contributed by atoms with Crippen molar-refractivity contribution in [1.29, 1.82) is 0 Å². The van der Waals surface area contributed by atoms with Crippen LogP contribution in [0.4, 0.5) is 11.4 Å². The predicted molar refractivity (Wildman–Crippen MR) is 148 cm³/mol. The zero-order valence-corrected chi connectivity index (χ0v) is 22.6. The average Bonchev–Trinajstić information content (AvgIpc) is 2.78. The summed E-state index contributed by atoms with van der Waals surface area (Å²) in [6.45, 7) is 15.8. The minimum absolute atomic E-state index is 0. The molecular formula is C29H50ClN3. The molecular weight excluding hydrogens is 426 g/mol. The highest BCUT2D eigenvalue weighted by molar-refractivity contribution is 5.85. The van der Waals surface area contributed by atoms with E-state index in [1.165, 1.54) is 122 Å². The third-order valence-electron chi connectivity index (χ3n) is 8.55. The second kappa shape index (κ2) is 12.7. The summed E-state index contributed by atoms with van der Waals surface area (Å²) in [7, 11) is 0. The van der Waals surface area contributed by atoms with Crippen molar-refractivity contribution in [2.75, 3.05) is 55.6 Å². The Bertz CT molecular complexity index is 693. The lowest BCUT2D eigenvalue weighted by Gasteiger charge is -2.40. The fourth-order valence-electron chi connectivity index (χ4n) is 6.16. The predicted octanol–water partition coefficient (Wildman–Crippen LogP) is 7.48. The van der Waals surface area contributed by atoms with Crippen LogP contribution in [0.1, 0.15) is 103 Å². The van der Waals surface area contributed by atoms with Gasteiger partial charge in [-0.3, -0.25) is 4.90 Å². The monoisotopic (exact) mass is 475 g/mol. The zero-order valence-electron chi connectivity index (χ0n) is 21.8. The second-order valence-corrected chi connectivity index (χ2v) is 11.6. The van der Waals surface area contributed by atoms with E-state index in [4.69, 9.17) is 0 Å². The molecule has 1 saturated carbocycles. The van der Waals surface area contributed by atoms with Gasteiger partial charge in [-0.05, 0) is 86.6 Å². The topological polar surface area (TPSA) is 9.72 Å². The lowest BCUT2D eigenvalue weighted by molar-refractivity contribution is 0.224. The maximum Gasteiger partial charge on any atom is 0.0404 e. The third-order valence-corrected chi connectivity index (χ3v) is 8.55. The summed E-state index contributed by atoms with van der Waals surface area (Å²) in [6, 6.07) is 7.59. The van der Waals surface area contributed by atoms with Crippen molar-refractivity contribution in [3.05, 3.63) is 23.8 Å². The molecule has 0 amide bonds. The van der Waals surface area contributed by atoms with E-state index in [0.29, 0.717) is 5.41 Å². The van der Waals surface area contributed by atoms with E-state index in [-0.39, 0.29) is 12.4 Å². The minimum Gasteiger partial charge on any atom is -0.372 e. The number of unbranched alkanes of at least 4 members (excludes halogenated alkanes) is 1. The summed E-state index contributed by atoms with van der Waals surface area (Å²) in [5, 5.41) is 0. The van der Waals surface area contributed by atoms with Crippen LogP contribution >= 0.6 is 12.4 Å². The molecule has 2 saturated heterocycles. The summed E-state index contributed by atoms with van der Waals surface area (Å²) < 4.78 is 0. The van der Waals surface area contributed by atoms with Crippen molar-refractivity contribution >= 4 is 23.8 Å². The van der Waals surface area contributed by atoms with Crippen LogP contribution < -0.4 is 9.80 Å². The van der Waals surface area contributed by atoms with Crippen LogP contribution in [0.15, 0.2) is 18.2 Å². The number of anilines is 2. The van der Waals surface area contributed by atoms with Crippen LogP contribution in [0.2, 0.25) is 0 Å². The van der Waals surface area contributed by atoms with E-state index >= 15 is 0 Å². The smallest absolute Gasteiger partial charge is 0.0404 e. The van der Waals surface area contributed by atoms with E-state index in [1.807, 2.05) is 0 Å². The maximum atomic E-state index is 2.72. The van der Waals surface area contributed by atoms with Crippen molar-refractivity contribution in [2.45, 2.75) is 97.3 Å². The Labute approximate surface area is 210 Å². The number of hydrogen-bond acceptors (Lipinski definition) is 3. The molecule has 0 aromatic heterocycles. The van der Waals surface area contributed by atoms with E-state index in [9.17, 15) is 0 Å². The third kappa shape index (κ3) is 7.28. The number of hydrogen-bond donors (Lipinski definition) is 0. The molecule has 0 atom stereocenters. The molecule has 2 heterocycles. The van der Waals surface area contributed by atoms with Gasteiger partial charge in [-0.25, -0.2) is 0 Å². The second-order valence-electron chi connectivity index (χ2n) is 11.6. The van der Waals surface area contributed by atoms with Crippen molar-refractivity contribution in [3.63, 3.8) is 0 Å². The van der Waals surface area contributed by atoms with Gasteiger partial charge >= 0.3 is 0 Å². The molecule has 3 aliphatic rings. The highest BCUT2D eigenvalue weighted by Gasteiger charge is 2.30. The Kier molecular flexibility index (Phi) is 10.2. The van der Waals surface area contributed by atoms with Crippen molar-refractivity contribution in [2.24, 2.45) is 5.41 Å². The maximum absolute atomic E-state index is 2.72. The van der Waals surface area contributed by atoms with E-state index in [1.54, 1.807) is 11.3 Å². The molecule has 33 heavy (non-hydrogen) atoms. The Morgan fingerprint density at radius 3 is 2.09 bits per heavy atom. The molecule has 188 valence electrons. The first-order valence-corrected chi connectivity index (χ1v) is 13.9. The molecule has 0 spiro atoms. The zero-order chi connectivity index (χ0) is 22.4. The largest absolute Gasteiger partial charge is 0.372 e. The summed E-state index contributed by atoms with van der Waals surface area (Å²) in [5.41, 5.74) is 5.25. The van der Waals surface area contributed by atoms with Crippen molar-refractivity contribution in [3.8, 4) is 0 Å². The minimum atomic E-state index is 0.